The average Bonchev–Trinajstić information content (AvgIpc) is 1.64. The highest BCUT2D eigenvalue weighted by molar-refractivity contribution is 7.90. The van der Waals surface area contributed by atoms with Gasteiger partial charge in [0.1, 0.15) is 19.6 Å². The molecule has 0 unspecified atom stereocenters. The number of aromatic amines is 2. The zero-order valence-corrected chi connectivity index (χ0v) is 77.5. The standard InChI is InChI=1S/C80H98Cl8N8O24S4/c1-105-29-33-113-45-49-117-41-37-109-25-21-89-121(97,98)65-17-5-53(81)69(77(65)85)73-57-9-11-59(93-57)74(70-54(82)6-18-66(78(70)86)122(99,100)90-22-26-110-38-42-118-50-46-114-34-30-106-2)61-13-15-63(95-61)76(72-56(84)8-20-68(80(72)88)124(103,104)92-24-28-112-40-44-120-52-48-116-36-32-108-4)64-16-14-62(96-64)75(60-12-10-58(73)94-60)71-55(83)7-19-67(79(71)87)123(101,102)91-23-27-111-39-43-119-51-47-115-35-31-107-3/h5-20,89-93,96H,21-52H2,1-4H3. The number of nitrogens with zero attached hydrogens (tertiary/aromatic N) is 2. The van der Waals surface area contributed by atoms with Crippen LogP contribution < -0.4 is 18.9 Å². The van der Waals surface area contributed by atoms with Gasteiger partial charge in [0, 0.05) is 121 Å². The number of nitrogens with one attached hydrogen (secondary N) is 6. The van der Waals surface area contributed by atoms with E-state index in [1.54, 1.807) is 77.0 Å². The minimum Gasteiger partial charge on any atom is -0.382 e. The maximum absolute atomic E-state index is 14.6. The first kappa shape index (κ1) is 103. The molecule has 8 bridgehead atoms. The fourth-order valence-electron chi connectivity index (χ4n) is 12.2. The van der Waals surface area contributed by atoms with E-state index in [0.29, 0.717) is 106 Å². The molecule has 2 aliphatic heterocycles. The van der Waals surface area contributed by atoms with E-state index in [2.05, 4.69) is 28.9 Å². The van der Waals surface area contributed by atoms with Crippen LogP contribution in [0, 0.1) is 0 Å². The Balaban J connectivity index is 1.23. The van der Waals surface area contributed by atoms with Gasteiger partial charge in [0.2, 0.25) is 40.1 Å². The Morgan fingerprint density at radius 2 is 0.411 bits per heavy atom. The predicted molar refractivity (Wildman–Crippen MR) is 479 cm³/mol. The van der Waals surface area contributed by atoms with Crippen LogP contribution in [0.4, 0.5) is 0 Å². The van der Waals surface area contributed by atoms with Crippen molar-refractivity contribution in [3.63, 3.8) is 0 Å². The van der Waals surface area contributed by atoms with Gasteiger partial charge < -0.3 is 85.8 Å². The van der Waals surface area contributed by atoms with Gasteiger partial charge in [-0.1, -0.05) is 92.8 Å². The van der Waals surface area contributed by atoms with Crippen molar-refractivity contribution in [2.45, 2.75) is 19.6 Å². The monoisotopic (exact) mass is 1960 g/mol. The predicted octanol–water partition coefficient (Wildman–Crippen LogP) is 12.4. The summed E-state index contributed by atoms with van der Waals surface area (Å²) in [4.78, 5) is 15.7. The van der Waals surface area contributed by atoms with E-state index in [0.717, 1.165) is 0 Å². The third kappa shape index (κ3) is 29.4. The summed E-state index contributed by atoms with van der Waals surface area (Å²) in [7, 11) is -11.9. The Labute approximate surface area is 761 Å². The highest BCUT2D eigenvalue weighted by atomic mass is 35.5. The molecule has 32 nitrogen and oxygen atoms in total. The molecule has 0 fully saturated rings. The fourth-order valence-corrected chi connectivity index (χ4v) is 20.0. The zero-order valence-electron chi connectivity index (χ0n) is 68.2. The second-order valence-corrected chi connectivity index (χ2v) is 36.4. The average molecular weight is 1970 g/mol. The number of fused-ring (bicyclic) bond motifs is 8. The lowest BCUT2D eigenvalue weighted by atomic mass is 10.0. The molecule has 5 heterocycles. The summed E-state index contributed by atoms with van der Waals surface area (Å²) in [6, 6.07) is 16.5. The van der Waals surface area contributed by atoms with Gasteiger partial charge in [-0.15, -0.1) is 0 Å². The van der Waals surface area contributed by atoms with Crippen LogP contribution in [0.2, 0.25) is 40.2 Å². The van der Waals surface area contributed by atoms with E-state index in [9.17, 15) is 33.7 Å². The number of hydrogen-bond donors (Lipinski definition) is 6. The van der Waals surface area contributed by atoms with Gasteiger partial charge in [0.15, 0.2) is 0 Å². The first-order valence-electron chi connectivity index (χ1n) is 38.8. The molecule has 0 saturated carbocycles. The molecular weight excluding hydrogens is 1870 g/mol. The van der Waals surface area contributed by atoms with Gasteiger partial charge in [-0.25, -0.2) is 62.5 Å². The van der Waals surface area contributed by atoms with Crippen LogP contribution in [0.1, 0.15) is 22.8 Å². The van der Waals surface area contributed by atoms with E-state index in [1.165, 1.54) is 48.5 Å². The Morgan fingerprint density at radius 3 is 0.589 bits per heavy atom. The maximum Gasteiger partial charge on any atom is 0.242 e. The Morgan fingerprint density at radius 1 is 0.242 bits per heavy atom. The summed E-state index contributed by atoms with van der Waals surface area (Å²) in [5, 5.41) is -1.93. The number of hydrogen-bond acceptors (Lipinski definition) is 26. The van der Waals surface area contributed by atoms with Crippen molar-refractivity contribution >= 4 is 179 Å². The largest absolute Gasteiger partial charge is 0.382 e. The third-order valence-corrected chi connectivity index (χ3v) is 27.3. The molecule has 0 aliphatic carbocycles. The lowest BCUT2D eigenvalue weighted by molar-refractivity contribution is 0.00445. The summed E-state index contributed by atoms with van der Waals surface area (Å²) >= 11 is 59.2. The van der Waals surface area contributed by atoms with Crippen LogP contribution in [-0.2, 0) is 116 Å². The minimum absolute atomic E-state index is 0.0284. The number of ether oxygens (including phenoxy) is 16. The van der Waals surface area contributed by atoms with Crippen LogP contribution in [0.5, 0.6) is 0 Å². The van der Waals surface area contributed by atoms with Crippen molar-refractivity contribution in [2.24, 2.45) is 0 Å². The molecule has 7 aromatic rings. The second-order valence-electron chi connectivity index (χ2n) is 26.4. The van der Waals surface area contributed by atoms with E-state index in [4.69, 9.17) is 179 Å². The Hall–Kier alpha value is -5.20. The highest BCUT2D eigenvalue weighted by Gasteiger charge is 2.32. The smallest absolute Gasteiger partial charge is 0.242 e. The van der Waals surface area contributed by atoms with Crippen molar-refractivity contribution in [1.29, 1.82) is 0 Å². The molecule has 44 heteroatoms. The SMILES string of the molecule is COCCOCCOCCOCCNS(=O)(=O)c1ccc(Cl)c(-c2c3nc(c(-c4c(Cl)ccc(S(=O)(=O)NCCOCCOCCOCCOC)c4Cl)c4ccc([nH]4)c(-c4c(Cl)ccc(S(=O)(=O)NCCOCCOCCOCCOC)c4Cl)c4nc(c(-c5c(Cl)ccc(S(=O)(=O)NCCOCCOCCOCCOC)c5Cl)c5ccc2[nH]5)C=C4)C=C3)c1Cl. The molecule has 124 heavy (non-hydrogen) atoms. The Bertz CT molecular complexity index is 4770. The molecule has 9 rings (SSSR count). The van der Waals surface area contributed by atoms with Gasteiger partial charge in [0.25, 0.3) is 0 Å². The molecular formula is C80H98Cl8N8O24S4. The lowest BCUT2D eigenvalue weighted by Gasteiger charge is -2.15. The molecule has 0 atom stereocenters. The number of halogens is 8. The first-order valence-corrected chi connectivity index (χ1v) is 47.7. The van der Waals surface area contributed by atoms with Crippen LogP contribution in [0.3, 0.4) is 0 Å². The van der Waals surface area contributed by atoms with Crippen molar-refractivity contribution in [3.05, 3.63) is 136 Å². The molecule has 6 N–H and O–H groups in total. The van der Waals surface area contributed by atoms with Crippen molar-refractivity contribution in [2.75, 3.05) is 240 Å². The summed E-state index contributed by atoms with van der Waals surface area (Å²) in [6.07, 6.45) is 6.20. The maximum atomic E-state index is 14.6. The third-order valence-electron chi connectivity index (χ3n) is 18.0. The quantitative estimate of drug-likeness (QED) is 0.0193. The highest BCUT2D eigenvalue weighted by Crippen LogP contribution is 2.50. The molecule has 2 aliphatic rings. The van der Waals surface area contributed by atoms with Crippen molar-refractivity contribution in [1.82, 2.24) is 38.8 Å². The topological polar surface area (TPSA) is 390 Å². The number of benzene rings is 4. The Kier molecular flexibility index (Phi) is 43.5. The number of aromatic nitrogens is 4. The summed E-state index contributed by atoms with van der Waals surface area (Å²) in [5.41, 5.74) is 0.386. The van der Waals surface area contributed by atoms with Gasteiger partial charge in [-0.2, -0.15) is 0 Å². The van der Waals surface area contributed by atoms with Crippen molar-refractivity contribution < 1.29 is 109 Å². The normalized spacial score (nSPS) is 12.6. The summed E-state index contributed by atoms with van der Waals surface area (Å²) in [5.74, 6) is 0. The number of methoxy groups -OCH3 is 4. The molecule has 4 aromatic carbocycles. The molecule has 0 saturated heterocycles. The molecule has 0 amide bonds. The van der Waals surface area contributed by atoms with Gasteiger partial charge in [0.05, 0.1) is 248 Å². The molecule has 3 aromatic heterocycles. The van der Waals surface area contributed by atoms with E-state index < -0.39 is 79.8 Å². The van der Waals surface area contributed by atoms with Gasteiger partial charge in [-0.3, -0.25) is 0 Å². The summed E-state index contributed by atoms with van der Waals surface area (Å²) < 4.78 is 214. The van der Waals surface area contributed by atoms with Crippen LogP contribution in [0.15, 0.2) is 92.4 Å². The molecule has 682 valence electrons. The van der Waals surface area contributed by atoms with E-state index >= 15 is 0 Å². The number of H-pyrrole nitrogens is 2. The minimum atomic E-state index is -4.54. The fraction of sp³-hybridized carbons (Fsp3) is 0.450. The van der Waals surface area contributed by atoms with Crippen LogP contribution >= 0.6 is 92.8 Å². The molecule has 0 spiro atoms. The summed E-state index contributed by atoms with van der Waals surface area (Å²) in [6.45, 7) is 5.92. The number of sulfonamides is 4. The van der Waals surface area contributed by atoms with Crippen molar-refractivity contribution in [3.8, 4) is 44.5 Å². The lowest BCUT2D eigenvalue weighted by Crippen LogP contribution is -2.28. The van der Waals surface area contributed by atoms with E-state index in [-0.39, 0.29) is 215 Å². The first-order chi connectivity index (χ1) is 59.8. The molecule has 0 radical (unpaired) electrons. The van der Waals surface area contributed by atoms with Gasteiger partial charge in [-0.05, 0) is 97.1 Å². The van der Waals surface area contributed by atoms with Gasteiger partial charge >= 0.3 is 0 Å². The van der Waals surface area contributed by atoms with Crippen LogP contribution in [-0.4, -0.2) is 293 Å². The zero-order chi connectivity index (χ0) is 89.1. The van der Waals surface area contributed by atoms with Crippen LogP contribution in [0.25, 0.3) is 90.9 Å². The number of rotatable bonds is 60. The van der Waals surface area contributed by atoms with E-state index in [1.807, 2.05) is 0 Å². The second kappa shape index (κ2) is 52.6.